The third kappa shape index (κ3) is 3.64. The van der Waals surface area contributed by atoms with Gasteiger partial charge < -0.3 is 10.2 Å². The maximum absolute atomic E-state index is 11.7. The van der Waals surface area contributed by atoms with Crippen molar-refractivity contribution in [2.24, 2.45) is 0 Å². The maximum atomic E-state index is 11.7. The number of benzene rings is 1. The number of fused-ring (bicyclic) bond motifs is 1. The van der Waals surface area contributed by atoms with Crippen LogP contribution in [0.4, 0.5) is 5.82 Å². The number of carbonyl (C=O) groups is 1. The zero-order chi connectivity index (χ0) is 18.8. The average Bonchev–Trinajstić information content (AvgIpc) is 3.20. The summed E-state index contributed by atoms with van der Waals surface area (Å²) in [6.45, 7) is 5.40. The molecule has 0 atom stereocenters. The Balaban J connectivity index is 1.49. The van der Waals surface area contributed by atoms with Gasteiger partial charge in [0.2, 0.25) is 5.91 Å². The lowest BCUT2D eigenvalue weighted by atomic mass is 10.0. The Morgan fingerprint density at radius 2 is 2.04 bits per heavy atom. The molecule has 3 heterocycles. The average molecular weight is 363 g/mol. The molecule has 27 heavy (non-hydrogen) atoms. The summed E-state index contributed by atoms with van der Waals surface area (Å²) in [5.41, 5.74) is 4.16. The van der Waals surface area contributed by atoms with Crippen molar-refractivity contribution in [1.29, 1.82) is 0 Å². The fraction of sp³-hybridized carbons (Fsp3) is 0.316. The molecule has 1 aliphatic rings. The van der Waals surface area contributed by atoms with E-state index in [9.17, 15) is 4.79 Å². The quantitative estimate of drug-likeness (QED) is 0.761. The van der Waals surface area contributed by atoms with E-state index in [1.54, 1.807) is 17.9 Å². The van der Waals surface area contributed by atoms with Crippen LogP contribution in [0.15, 0.2) is 36.9 Å². The van der Waals surface area contributed by atoms with Gasteiger partial charge in [0.25, 0.3) is 0 Å². The summed E-state index contributed by atoms with van der Waals surface area (Å²) in [5, 5.41) is 7.57. The minimum atomic E-state index is 0.0823. The smallest absolute Gasteiger partial charge is 0.219 e. The molecule has 3 aromatic rings. The van der Waals surface area contributed by atoms with Gasteiger partial charge in [0.05, 0.1) is 17.9 Å². The van der Waals surface area contributed by atoms with E-state index in [4.69, 9.17) is 0 Å². The molecular weight excluding hydrogens is 342 g/mol. The second-order valence-corrected chi connectivity index (χ2v) is 6.60. The van der Waals surface area contributed by atoms with E-state index in [1.807, 2.05) is 24.0 Å². The molecule has 0 saturated carbocycles. The number of carbonyl (C=O) groups excluding carboxylic acids is 1. The minimum absolute atomic E-state index is 0.0823. The van der Waals surface area contributed by atoms with Crippen LogP contribution in [-0.2, 0) is 24.3 Å². The Hall–Kier alpha value is -3.29. The Morgan fingerprint density at radius 3 is 2.74 bits per heavy atom. The summed E-state index contributed by atoms with van der Waals surface area (Å²) >= 11 is 0. The Bertz CT molecular complexity index is 951. The van der Waals surface area contributed by atoms with Crippen LogP contribution in [0.5, 0.6) is 0 Å². The summed E-state index contributed by atoms with van der Waals surface area (Å²) in [5.74, 6) is 1.66. The Labute approximate surface area is 157 Å². The van der Waals surface area contributed by atoms with Crippen LogP contribution in [0.1, 0.15) is 29.6 Å². The summed E-state index contributed by atoms with van der Waals surface area (Å²) in [6.07, 6.45) is 3.96. The number of nitrogens with one attached hydrogen (secondary N) is 1. The van der Waals surface area contributed by atoms with Gasteiger partial charge in [0.1, 0.15) is 24.3 Å². The zero-order valence-corrected chi connectivity index (χ0v) is 15.4. The summed E-state index contributed by atoms with van der Waals surface area (Å²) < 4.78 is 1.72. The molecule has 0 radical (unpaired) electrons. The maximum Gasteiger partial charge on any atom is 0.219 e. The van der Waals surface area contributed by atoms with Crippen molar-refractivity contribution in [3.63, 3.8) is 0 Å². The highest BCUT2D eigenvalue weighted by atomic mass is 16.2. The highest BCUT2D eigenvalue weighted by Gasteiger charge is 2.23. The van der Waals surface area contributed by atoms with Gasteiger partial charge in [-0.25, -0.2) is 19.6 Å². The van der Waals surface area contributed by atoms with E-state index in [0.717, 1.165) is 34.7 Å². The number of hydrogen-bond donors (Lipinski definition) is 1. The molecular formula is C19H21N7O. The molecule has 8 heteroatoms. The highest BCUT2D eigenvalue weighted by Crippen LogP contribution is 2.24. The lowest BCUT2D eigenvalue weighted by Gasteiger charge is -2.28. The third-order valence-corrected chi connectivity index (χ3v) is 4.70. The molecule has 4 rings (SSSR count). The number of rotatable bonds is 4. The van der Waals surface area contributed by atoms with Crippen LogP contribution in [0.25, 0.3) is 5.69 Å². The molecule has 8 nitrogen and oxygen atoms in total. The molecule has 138 valence electrons. The van der Waals surface area contributed by atoms with E-state index in [-0.39, 0.29) is 5.91 Å². The van der Waals surface area contributed by atoms with E-state index in [0.29, 0.717) is 25.5 Å². The second-order valence-electron chi connectivity index (χ2n) is 6.60. The first kappa shape index (κ1) is 17.1. The second kappa shape index (κ2) is 7.14. The molecule has 0 fully saturated rings. The molecule has 1 aromatic carbocycles. The van der Waals surface area contributed by atoms with Crippen LogP contribution in [0.3, 0.4) is 0 Å². The Morgan fingerprint density at radius 1 is 1.22 bits per heavy atom. The molecule has 0 spiro atoms. The first-order valence-electron chi connectivity index (χ1n) is 8.90. The van der Waals surface area contributed by atoms with Gasteiger partial charge >= 0.3 is 0 Å². The van der Waals surface area contributed by atoms with Gasteiger partial charge in [-0.05, 0) is 31.0 Å². The zero-order valence-electron chi connectivity index (χ0n) is 15.4. The number of aromatic nitrogens is 5. The summed E-state index contributed by atoms with van der Waals surface area (Å²) in [6, 6.07) is 8.14. The SMILES string of the molecule is CC(=O)N1CCc2c(nc(C)nc2NCc2ccc(-n3cncn3)cc2)C1. The van der Waals surface area contributed by atoms with Crippen molar-refractivity contribution in [2.45, 2.75) is 33.4 Å². The standard InChI is InChI=1S/C19H21N7O/c1-13-23-18-10-25(14(2)27)8-7-17(18)19(24-13)21-9-15-3-5-16(6-4-15)26-12-20-11-22-26/h3-6,11-12H,7-10H2,1-2H3,(H,21,23,24). The van der Waals surface area contributed by atoms with Crippen molar-refractivity contribution in [1.82, 2.24) is 29.6 Å². The molecule has 1 amide bonds. The molecule has 1 N–H and O–H groups in total. The van der Waals surface area contributed by atoms with E-state index in [2.05, 4.69) is 37.5 Å². The van der Waals surface area contributed by atoms with Crippen molar-refractivity contribution in [3.05, 3.63) is 59.6 Å². The summed E-state index contributed by atoms with van der Waals surface area (Å²) in [4.78, 5) is 26.6. The first-order chi connectivity index (χ1) is 13.1. The van der Waals surface area contributed by atoms with Crippen LogP contribution < -0.4 is 5.32 Å². The monoisotopic (exact) mass is 363 g/mol. The minimum Gasteiger partial charge on any atom is -0.366 e. The number of aryl methyl sites for hydroxylation is 1. The van der Waals surface area contributed by atoms with E-state index >= 15 is 0 Å². The van der Waals surface area contributed by atoms with Crippen molar-refractivity contribution < 1.29 is 4.79 Å². The van der Waals surface area contributed by atoms with Gasteiger partial charge in [0.15, 0.2) is 0 Å². The topological polar surface area (TPSA) is 88.8 Å². The highest BCUT2D eigenvalue weighted by molar-refractivity contribution is 5.73. The predicted octanol–water partition coefficient (Wildman–Crippen LogP) is 1.88. The normalized spacial score (nSPS) is 13.3. The van der Waals surface area contributed by atoms with Crippen molar-refractivity contribution >= 4 is 11.7 Å². The van der Waals surface area contributed by atoms with Gasteiger partial charge in [-0.1, -0.05) is 12.1 Å². The summed E-state index contributed by atoms with van der Waals surface area (Å²) in [7, 11) is 0. The van der Waals surface area contributed by atoms with Gasteiger partial charge in [-0.2, -0.15) is 5.10 Å². The fourth-order valence-corrected chi connectivity index (χ4v) is 3.26. The number of anilines is 1. The van der Waals surface area contributed by atoms with Crippen molar-refractivity contribution in [2.75, 3.05) is 11.9 Å². The number of hydrogen-bond acceptors (Lipinski definition) is 6. The molecule has 0 aliphatic carbocycles. The molecule has 0 bridgehead atoms. The van der Waals surface area contributed by atoms with Crippen molar-refractivity contribution in [3.8, 4) is 5.69 Å². The van der Waals surface area contributed by atoms with Crippen LogP contribution >= 0.6 is 0 Å². The largest absolute Gasteiger partial charge is 0.366 e. The fourth-order valence-electron chi connectivity index (χ4n) is 3.26. The lowest BCUT2D eigenvalue weighted by Crippen LogP contribution is -2.35. The van der Waals surface area contributed by atoms with Gasteiger partial charge in [0, 0.05) is 25.6 Å². The first-order valence-corrected chi connectivity index (χ1v) is 8.90. The van der Waals surface area contributed by atoms with E-state index in [1.165, 1.54) is 6.33 Å². The number of nitrogens with zero attached hydrogens (tertiary/aromatic N) is 6. The lowest BCUT2D eigenvalue weighted by molar-refractivity contribution is -0.129. The predicted molar refractivity (Wildman–Crippen MR) is 100 cm³/mol. The molecule has 2 aromatic heterocycles. The van der Waals surface area contributed by atoms with Crippen LogP contribution in [0.2, 0.25) is 0 Å². The third-order valence-electron chi connectivity index (χ3n) is 4.70. The van der Waals surface area contributed by atoms with E-state index < -0.39 is 0 Å². The molecule has 1 aliphatic heterocycles. The Kier molecular flexibility index (Phi) is 4.53. The molecule has 0 saturated heterocycles. The van der Waals surface area contributed by atoms with Gasteiger partial charge in [-0.3, -0.25) is 4.79 Å². The van der Waals surface area contributed by atoms with Gasteiger partial charge in [-0.15, -0.1) is 0 Å². The molecule has 0 unspecified atom stereocenters. The number of amides is 1. The van der Waals surface area contributed by atoms with Crippen LogP contribution in [0, 0.1) is 6.92 Å². The van der Waals surface area contributed by atoms with Crippen LogP contribution in [-0.4, -0.2) is 42.1 Å².